The molecule has 2 unspecified atom stereocenters. The highest BCUT2D eigenvalue weighted by atomic mass is 19.4. The molecule has 1 aliphatic rings. The molecule has 20 heavy (non-hydrogen) atoms. The topological polar surface area (TPSA) is 21.3 Å². The summed E-state index contributed by atoms with van der Waals surface area (Å²) in [5, 5.41) is 3.35. The van der Waals surface area contributed by atoms with Gasteiger partial charge in [0.25, 0.3) is 0 Å². The molecule has 1 N–H and O–H groups in total. The molecule has 1 aromatic rings. The standard InChI is InChI=1S/C15H20F3NO/c1-2-19-14(9-11-7-8-20-10-11)12-3-5-13(6-4-12)15(16,17)18/h3-6,11,14,19H,2,7-10H2,1H3. The van der Waals surface area contributed by atoms with Gasteiger partial charge in [0.1, 0.15) is 0 Å². The summed E-state index contributed by atoms with van der Waals surface area (Å²) in [6.07, 6.45) is -2.34. The third-order valence-electron chi connectivity index (χ3n) is 3.68. The second kappa shape index (κ2) is 6.59. The summed E-state index contributed by atoms with van der Waals surface area (Å²) in [5.41, 5.74) is 0.312. The van der Waals surface area contributed by atoms with Crippen LogP contribution in [0.1, 0.15) is 36.9 Å². The van der Waals surface area contributed by atoms with E-state index in [0.717, 1.165) is 50.3 Å². The van der Waals surface area contributed by atoms with Crippen molar-refractivity contribution in [3.63, 3.8) is 0 Å². The van der Waals surface area contributed by atoms with E-state index in [0.29, 0.717) is 5.92 Å². The molecule has 0 aliphatic carbocycles. The maximum Gasteiger partial charge on any atom is 0.416 e. The molecule has 1 saturated heterocycles. The molecule has 1 aliphatic heterocycles. The van der Waals surface area contributed by atoms with Crippen LogP contribution in [0, 0.1) is 5.92 Å². The van der Waals surface area contributed by atoms with E-state index < -0.39 is 11.7 Å². The van der Waals surface area contributed by atoms with Crippen LogP contribution in [-0.2, 0) is 10.9 Å². The zero-order valence-electron chi connectivity index (χ0n) is 11.5. The van der Waals surface area contributed by atoms with Crippen molar-refractivity contribution < 1.29 is 17.9 Å². The first-order chi connectivity index (χ1) is 9.50. The van der Waals surface area contributed by atoms with E-state index in [1.807, 2.05) is 6.92 Å². The fraction of sp³-hybridized carbons (Fsp3) is 0.600. The summed E-state index contributed by atoms with van der Waals surface area (Å²) in [4.78, 5) is 0. The highest BCUT2D eigenvalue weighted by Crippen LogP contribution is 2.31. The Labute approximate surface area is 117 Å². The van der Waals surface area contributed by atoms with E-state index in [1.54, 1.807) is 12.1 Å². The SMILES string of the molecule is CCNC(CC1CCOC1)c1ccc(C(F)(F)F)cc1. The summed E-state index contributed by atoms with van der Waals surface area (Å²) >= 11 is 0. The fourth-order valence-corrected chi connectivity index (χ4v) is 2.59. The molecule has 5 heteroatoms. The monoisotopic (exact) mass is 287 g/mol. The van der Waals surface area contributed by atoms with Gasteiger partial charge in [-0.15, -0.1) is 0 Å². The summed E-state index contributed by atoms with van der Waals surface area (Å²) in [5.74, 6) is 0.487. The minimum absolute atomic E-state index is 0.0917. The van der Waals surface area contributed by atoms with Gasteiger partial charge in [-0.1, -0.05) is 19.1 Å². The minimum atomic E-state index is -4.27. The first kappa shape index (κ1) is 15.3. The third-order valence-corrected chi connectivity index (χ3v) is 3.68. The number of halogens is 3. The summed E-state index contributed by atoms with van der Waals surface area (Å²) in [6, 6.07) is 5.56. The van der Waals surface area contributed by atoms with Crippen LogP contribution in [0.3, 0.4) is 0 Å². The molecule has 1 fully saturated rings. The maximum atomic E-state index is 12.6. The van der Waals surface area contributed by atoms with E-state index in [2.05, 4.69) is 5.32 Å². The van der Waals surface area contributed by atoms with Gasteiger partial charge >= 0.3 is 6.18 Å². The Morgan fingerprint density at radius 2 is 2.00 bits per heavy atom. The Bertz CT molecular complexity index is 410. The van der Waals surface area contributed by atoms with Crippen LogP contribution in [0.25, 0.3) is 0 Å². The molecule has 2 rings (SSSR count). The number of benzene rings is 1. The number of ether oxygens (including phenoxy) is 1. The number of alkyl halides is 3. The van der Waals surface area contributed by atoms with Crippen molar-refractivity contribution in [2.45, 2.75) is 32.0 Å². The predicted octanol–water partition coefficient (Wildman–Crippen LogP) is 3.78. The average Bonchev–Trinajstić information content (AvgIpc) is 2.90. The van der Waals surface area contributed by atoms with Gasteiger partial charge in [-0.05, 0) is 43.0 Å². The third kappa shape index (κ3) is 3.96. The van der Waals surface area contributed by atoms with Crippen molar-refractivity contribution in [1.82, 2.24) is 5.32 Å². The van der Waals surface area contributed by atoms with Gasteiger partial charge in [0.15, 0.2) is 0 Å². The molecule has 1 heterocycles. The molecule has 0 radical (unpaired) electrons. The quantitative estimate of drug-likeness (QED) is 0.890. The lowest BCUT2D eigenvalue weighted by Crippen LogP contribution is -2.24. The lowest BCUT2D eigenvalue weighted by atomic mass is 9.93. The van der Waals surface area contributed by atoms with Gasteiger partial charge in [0.05, 0.1) is 5.56 Å². The Kier molecular flexibility index (Phi) is 5.05. The Hall–Kier alpha value is -1.07. The summed E-state index contributed by atoms with van der Waals surface area (Å²) in [6.45, 7) is 4.33. The van der Waals surface area contributed by atoms with E-state index in [-0.39, 0.29) is 6.04 Å². The largest absolute Gasteiger partial charge is 0.416 e. The van der Waals surface area contributed by atoms with Crippen LogP contribution < -0.4 is 5.32 Å². The molecule has 0 amide bonds. The van der Waals surface area contributed by atoms with Gasteiger partial charge in [0, 0.05) is 19.3 Å². The Morgan fingerprint density at radius 3 is 2.50 bits per heavy atom. The molecule has 1 aromatic carbocycles. The smallest absolute Gasteiger partial charge is 0.381 e. The van der Waals surface area contributed by atoms with E-state index in [9.17, 15) is 13.2 Å². The first-order valence-corrected chi connectivity index (χ1v) is 6.99. The van der Waals surface area contributed by atoms with Crippen LogP contribution in [0.5, 0.6) is 0 Å². The van der Waals surface area contributed by atoms with Gasteiger partial charge in [0.2, 0.25) is 0 Å². The first-order valence-electron chi connectivity index (χ1n) is 6.99. The lowest BCUT2D eigenvalue weighted by molar-refractivity contribution is -0.137. The highest BCUT2D eigenvalue weighted by Gasteiger charge is 2.30. The molecular weight excluding hydrogens is 267 g/mol. The molecule has 0 bridgehead atoms. The highest BCUT2D eigenvalue weighted by molar-refractivity contribution is 5.27. The molecule has 0 aromatic heterocycles. The second-order valence-corrected chi connectivity index (χ2v) is 5.20. The van der Waals surface area contributed by atoms with Crippen molar-refractivity contribution in [3.8, 4) is 0 Å². The predicted molar refractivity (Wildman–Crippen MR) is 71.4 cm³/mol. The van der Waals surface area contributed by atoms with Crippen molar-refractivity contribution in [2.75, 3.05) is 19.8 Å². The van der Waals surface area contributed by atoms with Gasteiger partial charge in [-0.2, -0.15) is 13.2 Å². The van der Waals surface area contributed by atoms with Crippen molar-refractivity contribution in [2.24, 2.45) is 5.92 Å². The van der Waals surface area contributed by atoms with Crippen LogP contribution in [0.2, 0.25) is 0 Å². The van der Waals surface area contributed by atoms with Crippen molar-refractivity contribution in [1.29, 1.82) is 0 Å². The van der Waals surface area contributed by atoms with Gasteiger partial charge < -0.3 is 10.1 Å². The van der Waals surface area contributed by atoms with Crippen LogP contribution in [0.15, 0.2) is 24.3 Å². The maximum absolute atomic E-state index is 12.6. The average molecular weight is 287 g/mol. The van der Waals surface area contributed by atoms with Gasteiger partial charge in [-0.3, -0.25) is 0 Å². The molecule has 112 valence electrons. The zero-order chi connectivity index (χ0) is 14.6. The summed E-state index contributed by atoms with van der Waals surface area (Å²) in [7, 11) is 0. The molecule has 0 saturated carbocycles. The summed E-state index contributed by atoms with van der Waals surface area (Å²) < 4.78 is 43.1. The van der Waals surface area contributed by atoms with Crippen LogP contribution in [-0.4, -0.2) is 19.8 Å². The lowest BCUT2D eigenvalue weighted by Gasteiger charge is -2.21. The second-order valence-electron chi connectivity index (χ2n) is 5.20. The molecule has 2 nitrogen and oxygen atoms in total. The molecule has 2 atom stereocenters. The molecule has 0 spiro atoms. The zero-order valence-corrected chi connectivity index (χ0v) is 11.5. The van der Waals surface area contributed by atoms with E-state index >= 15 is 0 Å². The number of nitrogens with one attached hydrogen (secondary N) is 1. The van der Waals surface area contributed by atoms with Crippen LogP contribution >= 0.6 is 0 Å². The van der Waals surface area contributed by atoms with E-state index in [1.165, 1.54) is 0 Å². The Morgan fingerprint density at radius 1 is 1.30 bits per heavy atom. The normalized spacial score (nSPS) is 21.1. The number of hydrogen-bond donors (Lipinski definition) is 1. The molecular formula is C15H20F3NO. The van der Waals surface area contributed by atoms with Crippen molar-refractivity contribution >= 4 is 0 Å². The van der Waals surface area contributed by atoms with Crippen molar-refractivity contribution in [3.05, 3.63) is 35.4 Å². The Balaban J connectivity index is 2.08. The van der Waals surface area contributed by atoms with Gasteiger partial charge in [-0.25, -0.2) is 0 Å². The van der Waals surface area contributed by atoms with E-state index in [4.69, 9.17) is 4.74 Å². The van der Waals surface area contributed by atoms with Crippen LogP contribution in [0.4, 0.5) is 13.2 Å². The fourth-order valence-electron chi connectivity index (χ4n) is 2.59. The number of hydrogen-bond acceptors (Lipinski definition) is 2. The minimum Gasteiger partial charge on any atom is -0.381 e. The number of rotatable bonds is 5.